The maximum Gasteiger partial charge on any atom is 0.227 e. The Morgan fingerprint density at radius 1 is 1.06 bits per heavy atom. The number of nitrogens with one attached hydrogen (secondary N) is 1. The third kappa shape index (κ3) is 3.70. The Morgan fingerprint density at radius 2 is 1.47 bits per heavy atom. The third-order valence-corrected chi connectivity index (χ3v) is 3.54. The summed E-state index contributed by atoms with van der Waals surface area (Å²) in [5, 5.41) is 2.73. The van der Waals surface area contributed by atoms with Gasteiger partial charge in [-0.2, -0.15) is 0 Å². The maximum atomic E-state index is 12.0. The molecular formula is C12H25N3O2. The molecule has 0 atom stereocenters. The van der Waals surface area contributed by atoms with Crippen LogP contribution >= 0.6 is 0 Å². The fourth-order valence-corrected chi connectivity index (χ4v) is 0.902. The van der Waals surface area contributed by atoms with Crippen molar-refractivity contribution in [2.24, 2.45) is 22.3 Å². The second-order valence-electron chi connectivity index (χ2n) is 6.28. The van der Waals surface area contributed by atoms with Crippen LogP contribution in [0.4, 0.5) is 0 Å². The lowest BCUT2D eigenvalue weighted by atomic mass is 9.74. The van der Waals surface area contributed by atoms with Crippen LogP contribution in [0.25, 0.3) is 0 Å². The lowest BCUT2D eigenvalue weighted by molar-refractivity contribution is -0.133. The van der Waals surface area contributed by atoms with E-state index in [1.807, 2.05) is 0 Å². The molecule has 5 nitrogen and oxygen atoms in total. The molecule has 0 radical (unpaired) electrons. The van der Waals surface area contributed by atoms with Crippen molar-refractivity contribution < 1.29 is 9.59 Å². The highest BCUT2D eigenvalue weighted by Gasteiger charge is 2.41. The molecule has 0 aromatic carbocycles. The quantitative estimate of drug-likeness (QED) is 0.651. The maximum absolute atomic E-state index is 12.0. The Labute approximate surface area is 103 Å². The van der Waals surface area contributed by atoms with Gasteiger partial charge >= 0.3 is 0 Å². The zero-order valence-electron chi connectivity index (χ0n) is 11.7. The summed E-state index contributed by atoms with van der Waals surface area (Å²) in [6.07, 6.45) is 0. The van der Waals surface area contributed by atoms with Gasteiger partial charge in [0.15, 0.2) is 0 Å². The highest BCUT2D eigenvalue weighted by atomic mass is 16.2. The molecule has 0 bridgehead atoms. The number of amides is 2. The molecule has 0 saturated carbocycles. The Balaban J connectivity index is 4.64. The van der Waals surface area contributed by atoms with Crippen LogP contribution in [0.1, 0.15) is 41.5 Å². The van der Waals surface area contributed by atoms with Crippen molar-refractivity contribution in [3.63, 3.8) is 0 Å². The van der Waals surface area contributed by atoms with Crippen LogP contribution in [0.5, 0.6) is 0 Å². The number of nitrogens with two attached hydrogens (primary N) is 2. The molecule has 5 heteroatoms. The van der Waals surface area contributed by atoms with E-state index < -0.39 is 22.3 Å². The first-order valence-corrected chi connectivity index (χ1v) is 5.69. The number of primary amides is 1. The average Bonchev–Trinajstić information content (AvgIpc) is 2.12. The van der Waals surface area contributed by atoms with E-state index in [2.05, 4.69) is 5.32 Å². The van der Waals surface area contributed by atoms with Gasteiger partial charge in [0.2, 0.25) is 11.8 Å². The van der Waals surface area contributed by atoms with Crippen LogP contribution in [-0.4, -0.2) is 23.9 Å². The molecule has 5 N–H and O–H groups in total. The molecule has 0 rings (SSSR count). The molecule has 100 valence electrons. The van der Waals surface area contributed by atoms with Gasteiger partial charge in [-0.05, 0) is 41.5 Å². The lowest BCUT2D eigenvalue weighted by Gasteiger charge is -2.37. The van der Waals surface area contributed by atoms with E-state index in [-0.39, 0.29) is 12.5 Å². The largest absolute Gasteiger partial charge is 0.369 e. The number of hydrogen-bond donors (Lipinski definition) is 3. The van der Waals surface area contributed by atoms with E-state index in [4.69, 9.17) is 11.5 Å². The molecule has 0 aliphatic carbocycles. The van der Waals surface area contributed by atoms with Crippen molar-refractivity contribution in [1.82, 2.24) is 5.32 Å². The van der Waals surface area contributed by atoms with Gasteiger partial charge in [0.25, 0.3) is 0 Å². The topological polar surface area (TPSA) is 98.2 Å². The van der Waals surface area contributed by atoms with Gasteiger partial charge in [0.1, 0.15) is 0 Å². The van der Waals surface area contributed by atoms with Gasteiger partial charge in [-0.1, -0.05) is 0 Å². The molecule has 0 aliphatic heterocycles. The first-order chi connectivity index (χ1) is 7.32. The molecule has 2 amide bonds. The Kier molecular flexibility index (Phi) is 4.34. The van der Waals surface area contributed by atoms with Crippen LogP contribution in [0.15, 0.2) is 0 Å². The Bertz CT molecular complexity index is 314. The molecule has 0 saturated heterocycles. The minimum atomic E-state index is -0.759. The zero-order valence-corrected chi connectivity index (χ0v) is 11.7. The molecule has 0 aromatic heterocycles. The van der Waals surface area contributed by atoms with Crippen LogP contribution < -0.4 is 16.8 Å². The molecular weight excluding hydrogens is 218 g/mol. The van der Waals surface area contributed by atoms with Crippen molar-refractivity contribution in [2.75, 3.05) is 6.54 Å². The Hall–Kier alpha value is -1.10. The molecule has 17 heavy (non-hydrogen) atoms. The minimum absolute atomic E-state index is 0.181. The van der Waals surface area contributed by atoms with Gasteiger partial charge in [0, 0.05) is 12.1 Å². The second kappa shape index (κ2) is 4.64. The normalized spacial score (nSPS) is 13.4. The molecule has 0 fully saturated rings. The van der Waals surface area contributed by atoms with Crippen molar-refractivity contribution in [3.05, 3.63) is 0 Å². The summed E-state index contributed by atoms with van der Waals surface area (Å²) >= 11 is 0. The van der Waals surface area contributed by atoms with E-state index in [1.165, 1.54) is 0 Å². The van der Waals surface area contributed by atoms with Gasteiger partial charge in [-0.15, -0.1) is 0 Å². The number of carbonyl (C=O) groups is 2. The van der Waals surface area contributed by atoms with Crippen molar-refractivity contribution in [3.8, 4) is 0 Å². The first-order valence-electron chi connectivity index (χ1n) is 5.69. The summed E-state index contributed by atoms with van der Waals surface area (Å²) in [4.78, 5) is 23.2. The summed E-state index contributed by atoms with van der Waals surface area (Å²) in [6.45, 7) is 10.7. The van der Waals surface area contributed by atoms with E-state index in [0.29, 0.717) is 0 Å². The van der Waals surface area contributed by atoms with E-state index in [1.54, 1.807) is 41.5 Å². The van der Waals surface area contributed by atoms with Gasteiger partial charge in [0.05, 0.1) is 10.8 Å². The van der Waals surface area contributed by atoms with Crippen LogP contribution in [0, 0.1) is 10.8 Å². The van der Waals surface area contributed by atoms with Crippen molar-refractivity contribution in [1.29, 1.82) is 0 Å². The number of rotatable bonds is 5. The zero-order chi connectivity index (χ0) is 14.1. The van der Waals surface area contributed by atoms with Crippen molar-refractivity contribution in [2.45, 2.75) is 47.1 Å². The molecule has 0 spiro atoms. The van der Waals surface area contributed by atoms with E-state index in [9.17, 15) is 9.59 Å². The number of carbonyl (C=O) groups excluding carboxylic acids is 2. The summed E-state index contributed by atoms with van der Waals surface area (Å²) in [7, 11) is 0. The van der Waals surface area contributed by atoms with Gasteiger partial charge in [-0.3, -0.25) is 9.59 Å². The second-order valence-corrected chi connectivity index (χ2v) is 6.28. The molecule has 0 aromatic rings. The average molecular weight is 243 g/mol. The highest BCUT2D eigenvalue weighted by Crippen LogP contribution is 2.28. The third-order valence-electron chi connectivity index (χ3n) is 3.54. The minimum Gasteiger partial charge on any atom is -0.369 e. The SMILES string of the molecule is CC(C)(CNC(=O)C(C)(C)C(C)(C)N)C(N)=O. The fraction of sp³-hybridized carbons (Fsp3) is 0.833. The number of hydrogen-bond acceptors (Lipinski definition) is 3. The summed E-state index contributed by atoms with van der Waals surface area (Å²) in [6, 6.07) is 0. The summed E-state index contributed by atoms with van der Waals surface area (Å²) in [5.74, 6) is -0.623. The van der Waals surface area contributed by atoms with Gasteiger partial charge in [-0.25, -0.2) is 0 Å². The highest BCUT2D eigenvalue weighted by molar-refractivity contribution is 5.85. The summed E-state index contributed by atoms with van der Waals surface area (Å²) < 4.78 is 0. The predicted molar refractivity (Wildman–Crippen MR) is 68.0 cm³/mol. The molecule has 0 unspecified atom stereocenters. The first kappa shape index (κ1) is 15.9. The fourth-order valence-electron chi connectivity index (χ4n) is 0.902. The van der Waals surface area contributed by atoms with E-state index in [0.717, 1.165) is 0 Å². The lowest BCUT2D eigenvalue weighted by Crippen LogP contribution is -2.57. The van der Waals surface area contributed by atoms with Crippen LogP contribution in [-0.2, 0) is 9.59 Å². The van der Waals surface area contributed by atoms with Crippen LogP contribution in [0.3, 0.4) is 0 Å². The monoisotopic (exact) mass is 243 g/mol. The van der Waals surface area contributed by atoms with Crippen molar-refractivity contribution >= 4 is 11.8 Å². The van der Waals surface area contributed by atoms with E-state index >= 15 is 0 Å². The van der Waals surface area contributed by atoms with Crippen LogP contribution in [0.2, 0.25) is 0 Å². The smallest absolute Gasteiger partial charge is 0.227 e. The molecule has 0 aliphatic rings. The summed E-state index contributed by atoms with van der Waals surface area (Å²) in [5.41, 5.74) is 9.07. The Morgan fingerprint density at radius 3 is 1.76 bits per heavy atom. The predicted octanol–water partition coefficient (Wildman–Crippen LogP) is 0.378. The standard InChI is InChI=1S/C12H25N3O2/c1-10(2,8(13)16)7-15-9(17)11(3,4)12(5,6)14/h7,14H2,1-6H3,(H2,13,16)(H,15,17). The van der Waals surface area contributed by atoms with Gasteiger partial charge < -0.3 is 16.8 Å². The molecule has 0 heterocycles.